The van der Waals surface area contributed by atoms with Crippen molar-refractivity contribution < 1.29 is 4.79 Å². The van der Waals surface area contributed by atoms with Crippen molar-refractivity contribution in [1.82, 2.24) is 20.2 Å². The topological polar surface area (TPSA) is 86.8 Å². The fraction of sp³-hybridized carbons (Fsp3) is 0.143. The summed E-state index contributed by atoms with van der Waals surface area (Å²) in [5.74, 6) is 0.592. The van der Waals surface area contributed by atoms with Crippen molar-refractivity contribution in [1.29, 1.82) is 0 Å². The number of aromatic nitrogens is 4. The molecule has 2 heterocycles. The summed E-state index contributed by atoms with van der Waals surface area (Å²) in [7, 11) is 3.94. The molecule has 0 spiro atoms. The summed E-state index contributed by atoms with van der Waals surface area (Å²) in [5, 5.41) is 11.6. The molecule has 0 saturated carbocycles. The second kappa shape index (κ2) is 8.32. The average Bonchev–Trinajstić information content (AvgIpc) is 3.22. The van der Waals surface area contributed by atoms with Gasteiger partial charge in [-0.05, 0) is 42.0 Å². The normalized spacial score (nSPS) is 10.8. The van der Waals surface area contributed by atoms with E-state index in [0.717, 1.165) is 38.8 Å². The Hall–Kier alpha value is -3.39. The first-order valence-corrected chi connectivity index (χ1v) is 10.0. The summed E-state index contributed by atoms with van der Waals surface area (Å²) < 4.78 is 0. The van der Waals surface area contributed by atoms with Crippen molar-refractivity contribution in [3.63, 3.8) is 0 Å². The summed E-state index contributed by atoms with van der Waals surface area (Å²) in [6.07, 6.45) is 3.26. The molecule has 7 nitrogen and oxygen atoms in total. The van der Waals surface area contributed by atoms with Gasteiger partial charge in [-0.2, -0.15) is 5.10 Å². The maximum atomic E-state index is 12.5. The van der Waals surface area contributed by atoms with Gasteiger partial charge < -0.3 is 10.2 Å². The van der Waals surface area contributed by atoms with Crippen LogP contribution >= 0.6 is 11.8 Å². The van der Waals surface area contributed by atoms with Crippen LogP contribution in [-0.4, -0.2) is 40.2 Å². The minimum Gasteiger partial charge on any atom is -0.378 e. The van der Waals surface area contributed by atoms with Gasteiger partial charge in [0.1, 0.15) is 11.4 Å². The molecule has 146 valence electrons. The van der Waals surface area contributed by atoms with Crippen LogP contribution in [0.15, 0.2) is 66.1 Å². The molecule has 0 aliphatic carbocycles. The van der Waals surface area contributed by atoms with Crippen LogP contribution in [0.4, 0.5) is 11.4 Å². The number of hydrogen-bond acceptors (Lipinski definition) is 6. The first kappa shape index (κ1) is 18.9. The number of nitrogens with one attached hydrogen (secondary N) is 2. The second-order valence-electron chi connectivity index (χ2n) is 6.70. The highest BCUT2D eigenvalue weighted by Gasteiger charge is 2.09. The van der Waals surface area contributed by atoms with Gasteiger partial charge in [-0.3, -0.25) is 9.89 Å². The smallest absolute Gasteiger partial charge is 0.255 e. The Bertz CT molecular complexity index is 1140. The Morgan fingerprint density at radius 2 is 1.97 bits per heavy atom. The number of rotatable bonds is 6. The number of thioether (sulfide) groups is 1. The molecule has 29 heavy (non-hydrogen) atoms. The molecular formula is C21H20N6OS. The minimum absolute atomic E-state index is 0.129. The molecule has 0 saturated heterocycles. The van der Waals surface area contributed by atoms with E-state index in [1.54, 1.807) is 18.0 Å². The highest BCUT2D eigenvalue weighted by Crippen LogP contribution is 2.27. The number of anilines is 2. The summed E-state index contributed by atoms with van der Waals surface area (Å²) >= 11 is 1.61. The van der Waals surface area contributed by atoms with Crippen LogP contribution in [0.2, 0.25) is 0 Å². The van der Waals surface area contributed by atoms with Crippen LogP contribution in [-0.2, 0) is 5.75 Å². The molecule has 0 fully saturated rings. The molecule has 4 aromatic rings. The van der Waals surface area contributed by atoms with E-state index < -0.39 is 0 Å². The molecule has 2 aromatic carbocycles. The van der Waals surface area contributed by atoms with Crippen molar-refractivity contribution >= 4 is 40.1 Å². The lowest BCUT2D eigenvalue weighted by atomic mass is 10.1. The van der Waals surface area contributed by atoms with Crippen LogP contribution in [0.1, 0.15) is 15.9 Å². The van der Waals surface area contributed by atoms with Crippen molar-refractivity contribution in [2.45, 2.75) is 10.8 Å². The standard InChI is InChI=1S/C21H20N6OS/c1-27(2)17-8-6-15(7-9-17)20(28)25-16-5-3-4-14(10-16)12-29-21-18-11-24-26-19(18)22-13-23-21/h3-11,13H,12H2,1-2H3,(H,25,28)(H,22,23,24,26). The largest absolute Gasteiger partial charge is 0.378 e. The van der Waals surface area contributed by atoms with Crippen LogP contribution in [0.3, 0.4) is 0 Å². The van der Waals surface area contributed by atoms with Crippen molar-refractivity contribution in [2.75, 3.05) is 24.3 Å². The Kier molecular flexibility index (Phi) is 5.44. The first-order chi connectivity index (χ1) is 14.1. The van der Waals surface area contributed by atoms with Crippen molar-refractivity contribution in [2.24, 2.45) is 0 Å². The molecule has 0 atom stereocenters. The molecule has 0 aliphatic rings. The monoisotopic (exact) mass is 404 g/mol. The third-order valence-corrected chi connectivity index (χ3v) is 5.49. The maximum absolute atomic E-state index is 12.5. The fourth-order valence-corrected chi connectivity index (χ4v) is 3.77. The maximum Gasteiger partial charge on any atom is 0.255 e. The summed E-state index contributed by atoms with van der Waals surface area (Å²) in [4.78, 5) is 23.0. The lowest BCUT2D eigenvalue weighted by Crippen LogP contribution is -2.13. The highest BCUT2D eigenvalue weighted by atomic mass is 32.2. The number of benzene rings is 2. The van der Waals surface area contributed by atoms with E-state index >= 15 is 0 Å². The van der Waals surface area contributed by atoms with E-state index in [1.807, 2.05) is 67.5 Å². The number of H-pyrrole nitrogens is 1. The van der Waals surface area contributed by atoms with E-state index in [9.17, 15) is 4.79 Å². The number of hydrogen-bond donors (Lipinski definition) is 2. The van der Waals surface area contributed by atoms with Crippen LogP contribution in [0.5, 0.6) is 0 Å². The second-order valence-corrected chi connectivity index (χ2v) is 7.66. The van der Waals surface area contributed by atoms with Crippen molar-refractivity contribution in [3.05, 3.63) is 72.2 Å². The van der Waals surface area contributed by atoms with Gasteiger partial charge in [-0.15, -0.1) is 11.8 Å². The Balaban J connectivity index is 1.43. The minimum atomic E-state index is -0.129. The van der Waals surface area contributed by atoms with Gasteiger partial charge in [0.15, 0.2) is 5.65 Å². The predicted molar refractivity (Wildman–Crippen MR) is 116 cm³/mol. The molecule has 0 radical (unpaired) electrons. The SMILES string of the molecule is CN(C)c1ccc(C(=O)Nc2cccc(CSc3ncnc4[nH]ncc34)c2)cc1. The molecule has 4 rings (SSSR count). The fourth-order valence-electron chi connectivity index (χ4n) is 2.86. The number of carbonyl (C=O) groups is 1. The molecule has 0 aliphatic heterocycles. The lowest BCUT2D eigenvalue weighted by Gasteiger charge is -2.13. The molecule has 0 unspecified atom stereocenters. The zero-order chi connectivity index (χ0) is 20.2. The number of nitrogens with zero attached hydrogens (tertiary/aromatic N) is 4. The van der Waals surface area contributed by atoms with E-state index in [-0.39, 0.29) is 5.91 Å². The van der Waals surface area contributed by atoms with Gasteiger partial charge in [-0.1, -0.05) is 12.1 Å². The third-order valence-electron chi connectivity index (χ3n) is 4.42. The third kappa shape index (κ3) is 4.38. The molecule has 0 bridgehead atoms. The Morgan fingerprint density at radius 3 is 2.76 bits per heavy atom. The molecule has 2 N–H and O–H groups in total. The van der Waals surface area contributed by atoms with Gasteiger partial charge in [-0.25, -0.2) is 9.97 Å². The molecule has 8 heteroatoms. The Morgan fingerprint density at radius 1 is 1.14 bits per heavy atom. The zero-order valence-electron chi connectivity index (χ0n) is 16.1. The molecule has 1 amide bonds. The zero-order valence-corrected chi connectivity index (χ0v) is 16.9. The molecule has 2 aromatic heterocycles. The van der Waals surface area contributed by atoms with Crippen LogP contribution in [0, 0.1) is 0 Å². The number of fused-ring (bicyclic) bond motifs is 1. The van der Waals surface area contributed by atoms with Crippen LogP contribution in [0.25, 0.3) is 11.0 Å². The summed E-state index contributed by atoms with van der Waals surface area (Å²) in [6, 6.07) is 15.4. The van der Waals surface area contributed by atoms with Gasteiger partial charge >= 0.3 is 0 Å². The van der Waals surface area contributed by atoms with E-state index in [2.05, 4.69) is 25.5 Å². The average molecular weight is 404 g/mol. The number of carbonyl (C=O) groups excluding carboxylic acids is 1. The lowest BCUT2D eigenvalue weighted by molar-refractivity contribution is 0.102. The predicted octanol–water partition coefficient (Wildman–Crippen LogP) is 3.96. The quantitative estimate of drug-likeness (QED) is 0.374. The number of amides is 1. The first-order valence-electron chi connectivity index (χ1n) is 9.05. The van der Waals surface area contributed by atoms with E-state index in [1.165, 1.54) is 6.33 Å². The van der Waals surface area contributed by atoms with Crippen LogP contribution < -0.4 is 10.2 Å². The Labute approximate surface area is 172 Å². The summed E-state index contributed by atoms with van der Waals surface area (Å²) in [5.41, 5.74) is 4.26. The number of aromatic amines is 1. The van der Waals surface area contributed by atoms with E-state index in [4.69, 9.17) is 0 Å². The van der Waals surface area contributed by atoms with E-state index in [0.29, 0.717) is 5.56 Å². The summed E-state index contributed by atoms with van der Waals surface area (Å²) in [6.45, 7) is 0. The van der Waals surface area contributed by atoms with Crippen molar-refractivity contribution in [3.8, 4) is 0 Å². The van der Waals surface area contributed by atoms with Gasteiger partial charge in [0.05, 0.1) is 11.6 Å². The van der Waals surface area contributed by atoms with Gasteiger partial charge in [0, 0.05) is 36.8 Å². The molecular weight excluding hydrogens is 384 g/mol. The highest BCUT2D eigenvalue weighted by molar-refractivity contribution is 7.98. The van der Waals surface area contributed by atoms with Gasteiger partial charge in [0.2, 0.25) is 0 Å². The van der Waals surface area contributed by atoms with Gasteiger partial charge in [0.25, 0.3) is 5.91 Å².